The molecular formula is C16H32N2O4. The van der Waals surface area contributed by atoms with Gasteiger partial charge < -0.3 is 24.8 Å². The number of hydrogen-bond donors (Lipinski definition) is 2. The molecule has 1 aliphatic rings. The Labute approximate surface area is 134 Å². The Bertz CT molecular complexity index is 338. The number of carbonyl (C=O) groups excluding carboxylic acids is 1. The number of nitrogens with one attached hydrogen (secondary N) is 1. The molecule has 1 aliphatic carbocycles. The number of amides is 1. The normalized spacial score (nSPS) is 17.9. The van der Waals surface area contributed by atoms with Crippen LogP contribution in [-0.4, -0.2) is 67.2 Å². The lowest BCUT2D eigenvalue weighted by atomic mass is 10.2. The third-order valence-corrected chi connectivity index (χ3v) is 3.46. The summed E-state index contributed by atoms with van der Waals surface area (Å²) >= 11 is 0. The highest BCUT2D eigenvalue weighted by molar-refractivity contribution is 5.68. The summed E-state index contributed by atoms with van der Waals surface area (Å²) in [5, 5.41) is 13.0. The van der Waals surface area contributed by atoms with E-state index in [0.717, 1.165) is 0 Å². The zero-order chi connectivity index (χ0) is 16.8. The smallest absolute Gasteiger partial charge is 0.410 e. The van der Waals surface area contributed by atoms with Gasteiger partial charge in [0.25, 0.3) is 0 Å². The van der Waals surface area contributed by atoms with Gasteiger partial charge in [0.2, 0.25) is 0 Å². The van der Waals surface area contributed by atoms with Crippen molar-refractivity contribution >= 4 is 6.09 Å². The molecule has 2 atom stereocenters. The molecule has 130 valence electrons. The predicted molar refractivity (Wildman–Crippen MR) is 85.9 cm³/mol. The average Bonchev–Trinajstić information content (AvgIpc) is 3.18. The van der Waals surface area contributed by atoms with Gasteiger partial charge in [-0.25, -0.2) is 4.79 Å². The predicted octanol–water partition coefficient (Wildman–Crippen LogP) is 1.62. The van der Waals surface area contributed by atoms with Gasteiger partial charge in [0, 0.05) is 32.8 Å². The molecule has 0 bridgehead atoms. The fourth-order valence-corrected chi connectivity index (χ4v) is 2.33. The van der Waals surface area contributed by atoms with Gasteiger partial charge in [-0.3, -0.25) is 0 Å². The third-order valence-electron chi connectivity index (χ3n) is 3.46. The number of rotatable bonds is 9. The van der Waals surface area contributed by atoms with Crippen molar-refractivity contribution in [2.24, 2.45) is 5.92 Å². The van der Waals surface area contributed by atoms with Crippen LogP contribution in [0.5, 0.6) is 0 Å². The fraction of sp³-hybridized carbons (Fsp3) is 0.938. The Hall–Kier alpha value is -0.850. The van der Waals surface area contributed by atoms with Crippen LogP contribution in [0.4, 0.5) is 4.79 Å². The summed E-state index contributed by atoms with van der Waals surface area (Å²) in [6.07, 6.45) is 1.52. The number of aliphatic hydroxyl groups excluding tert-OH is 1. The van der Waals surface area contributed by atoms with E-state index in [1.807, 2.05) is 20.8 Å². The molecular weight excluding hydrogens is 284 g/mol. The van der Waals surface area contributed by atoms with Crippen molar-refractivity contribution in [1.29, 1.82) is 0 Å². The lowest BCUT2D eigenvalue weighted by Crippen LogP contribution is -2.46. The number of methoxy groups -OCH3 is 1. The first kappa shape index (κ1) is 19.2. The largest absolute Gasteiger partial charge is 0.444 e. The molecule has 22 heavy (non-hydrogen) atoms. The molecule has 2 N–H and O–H groups in total. The molecule has 0 spiro atoms. The minimum atomic E-state index is -0.578. The number of ether oxygens (including phenoxy) is 2. The molecule has 6 heteroatoms. The van der Waals surface area contributed by atoms with E-state index in [1.165, 1.54) is 12.8 Å². The molecule has 1 saturated carbocycles. The van der Waals surface area contributed by atoms with Crippen LogP contribution in [-0.2, 0) is 9.47 Å². The summed E-state index contributed by atoms with van der Waals surface area (Å²) in [6, 6.07) is 0.344. The van der Waals surface area contributed by atoms with E-state index in [0.29, 0.717) is 31.7 Å². The minimum Gasteiger partial charge on any atom is -0.444 e. The summed E-state index contributed by atoms with van der Waals surface area (Å²) in [5.74, 6) is 0.687. The number of aliphatic hydroxyl groups is 1. The van der Waals surface area contributed by atoms with Gasteiger partial charge in [0.05, 0.1) is 12.7 Å². The van der Waals surface area contributed by atoms with Crippen molar-refractivity contribution in [2.75, 3.05) is 33.4 Å². The van der Waals surface area contributed by atoms with Crippen LogP contribution >= 0.6 is 0 Å². The van der Waals surface area contributed by atoms with Crippen molar-refractivity contribution < 1.29 is 19.4 Å². The van der Waals surface area contributed by atoms with E-state index >= 15 is 0 Å². The molecule has 0 saturated heterocycles. The van der Waals surface area contributed by atoms with Gasteiger partial charge in [-0.1, -0.05) is 0 Å². The van der Waals surface area contributed by atoms with E-state index in [1.54, 1.807) is 18.9 Å². The molecule has 0 heterocycles. The van der Waals surface area contributed by atoms with Crippen LogP contribution in [0.25, 0.3) is 0 Å². The molecule has 0 aromatic carbocycles. The van der Waals surface area contributed by atoms with Gasteiger partial charge >= 0.3 is 6.09 Å². The first-order valence-corrected chi connectivity index (χ1v) is 8.11. The standard InChI is InChI=1S/C16H32N2O4/c1-12(19)10-18(15(20)22-16(2,3)4)9-8-17-14(11-21-5)13-6-7-13/h12-14,17,19H,6-11H2,1-5H3. The molecule has 1 amide bonds. The maximum atomic E-state index is 12.2. The highest BCUT2D eigenvalue weighted by Crippen LogP contribution is 2.32. The number of hydrogen-bond acceptors (Lipinski definition) is 5. The van der Waals surface area contributed by atoms with E-state index in [2.05, 4.69) is 5.32 Å². The first-order chi connectivity index (χ1) is 10.2. The lowest BCUT2D eigenvalue weighted by molar-refractivity contribution is 0.0161. The molecule has 0 aliphatic heterocycles. The molecule has 0 aromatic rings. The van der Waals surface area contributed by atoms with Crippen LogP contribution in [0.15, 0.2) is 0 Å². The Kier molecular flexibility index (Phi) is 7.59. The van der Waals surface area contributed by atoms with Crippen LogP contribution in [0.3, 0.4) is 0 Å². The fourth-order valence-electron chi connectivity index (χ4n) is 2.33. The van der Waals surface area contributed by atoms with Gasteiger partial charge in [0.15, 0.2) is 0 Å². The van der Waals surface area contributed by atoms with Crippen LogP contribution in [0.2, 0.25) is 0 Å². The number of carbonyl (C=O) groups is 1. The molecule has 1 rings (SSSR count). The van der Waals surface area contributed by atoms with Crippen LogP contribution in [0.1, 0.15) is 40.5 Å². The molecule has 0 radical (unpaired) electrons. The van der Waals surface area contributed by atoms with Gasteiger partial charge in [-0.05, 0) is 46.5 Å². The second-order valence-corrected chi connectivity index (χ2v) is 7.13. The summed E-state index contributed by atoms with van der Waals surface area (Å²) < 4.78 is 10.6. The van der Waals surface area contributed by atoms with Crippen molar-refractivity contribution in [1.82, 2.24) is 10.2 Å². The topological polar surface area (TPSA) is 71.0 Å². The number of nitrogens with zero attached hydrogens (tertiary/aromatic N) is 1. The Balaban J connectivity index is 2.44. The zero-order valence-electron chi connectivity index (χ0n) is 14.6. The van der Waals surface area contributed by atoms with E-state index < -0.39 is 11.7 Å². The Morgan fingerprint density at radius 3 is 2.50 bits per heavy atom. The average molecular weight is 316 g/mol. The molecule has 1 fully saturated rings. The van der Waals surface area contributed by atoms with Crippen molar-refractivity contribution in [3.8, 4) is 0 Å². The molecule has 2 unspecified atom stereocenters. The highest BCUT2D eigenvalue weighted by atomic mass is 16.6. The van der Waals surface area contributed by atoms with E-state index in [-0.39, 0.29) is 12.6 Å². The zero-order valence-corrected chi connectivity index (χ0v) is 14.6. The van der Waals surface area contributed by atoms with Crippen molar-refractivity contribution in [3.05, 3.63) is 0 Å². The maximum Gasteiger partial charge on any atom is 0.410 e. The van der Waals surface area contributed by atoms with Gasteiger partial charge in [-0.2, -0.15) is 0 Å². The van der Waals surface area contributed by atoms with Crippen LogP contribution in [0, 0.1) is 5.92 Å². The summed E-state index contributed by atoms with van der Waals surface area (Å²) in [5.41, 5.74) is -0.534. The second-order valence-electron chi connectivity index (χ2n) is 7.13. The summed E-state index contributed by atoms with van der Waals surface area (Å²) in [7, 11) is 1.71. The van der Waals surface area contributed by atoms with Crippen molar-refractivity contribution in [2.45, 2.75) is 58.3 Å². The SMILES string of the molecule is COCC(NCCN(CC(C)O)C(=O)OC(C)(C)C)C1CC1. The quantitative estimate of drug-likeness (QED) is 0.676. The highest BCUT2D eigenvalue weighted by Gasteiger charge is 2.31. The van der Waals surface area contributed by atoms with Crippen LogP contribution < -0.4 is 5.32 Å². The minimum absolute atomic E-state index is 0.273. The third kappa shape index (κ3) is 7.96. The molecule has 0 aromatic heterocycles. The Morgan fingerprint density at radius 2 is 2.05 bits per heavy atom. The van der Waals surface area contributed by atoms with Gasteiger partial charge in [-0.15, -0.1) is 0 Å². The Morgan fingerprint density at radius 1 is 1.41 bits per heavy atom. The lowest BCUT2D eigenvalue weighted by Gasteiger charge is -2.29. The monoisotopic (exact) mass is 316 g/mol. The van der Waals surface area contributed by atoms with E-state index in [4.69, 9.17) is 9.47 Å². The van der Waals surface area contributed by atoms with Crippen molar-refractivity contribution in [3.63, 3.8) is 0 Å². The second kappa shape index (κ2) is 8.70. The summed E-state index contributed by atoms with van der Waals surface area (Å²) in [4.78, 5) is 13.7. The summed E-state index contributed by atoms with van der Waals surface area (Å²) in [6.45, 7) is 9.32. The van der Waals surface area contributed by atoms with Gasteiger partial charge in [0.1, 0.15) is 5.60 Å². The molecule has 6 nitrogen and oxygen atoms in total. The maximum absolute atomic E-state index is 12.2. The first-order valence-electron chi connectivity index (χ1n) is 8.11. The van der Waals surface area contributed by atoms with E-state index in [9.17, 15) is 9.90 Å².